The van der Waals surface area contributed by atoms with Gasteiger partial charge >= 0.3 is 0 Å². The van der Waals surface area contributed by atoms with Gasteiger partial charge in [0.1, 0.15) is 0 Å². The number of allylic oxidation sites excluding steroid dienone is 1. The molecule has 0 spiro atoms. The fourth-order valence-electron chi connectivity index (χ4n) is 3.12. The van der Waals surface area contributed by atoms with E-state index in [1.165, 1.54) is 38.4 Å². The molecule has 0 radical (unpaired) electrons. The largest absolute Gasteiger partial charge is 0.383 e. The molecule has 1 aromatic rings. The topological polar surface area (TPSA) is 91.8 Å². The number of halogens is 1. The molecule has 0 fully saturated rings. The van der Waals surface area contributed by atoms with E-state index in [1.54, 1.807) is 24.3 Å². The van der Waals surface area contributed by atoms with Crippen molar-refractivity contribution in [1.82, 2.24) is 15.4 Å². The molecule has 1 aromatic carbocycles. The van der Waals surface area contributed by atoms with Gasteiger partial charge in [-0.05, 0) is 56.7 Å². The Hall–Kier alpha value is -1.17. The number of guanidine groups is 1. The molecule has 30 heavy (non-hydrogen) atoms. The van der Waals surface area contributed by atoms with E-state index in [4.69, 9.17) is 4.74 Å². The fourth-order valence-corrected chi connectivity index (χ4v) is 4.13. The zero-order chi connectivity index (χ0) is 21.0. The highest BCUT2D eigenvalue weighted by atomic mass is 127. The van der Waals surface area contributed by atoms with E-state index in [0.29, 0.717) is 13.2 Å². The number of benzene rings is 1. The van der Waals surface area contributed by atoms with Gasteiger partial charge in [0, 0.05) is 26.7 Å². The van der Waals surface area contributed by atoms with Crippen molar-refractivity contribution in [2.24, 2.45) is 4.99 Å². The van der Waals surface area contributed by atoms with Gasteiger partial charge in [0.05, 0.1) is 18.0 Å². The van der Waals surface area contributed by atoms with Crippen LogP contribution in [0.25, 0.3) is 0 Å². The van der Waals surface area contributed by atoms with E-state index in [2.05, 4.69) is 26.4 Å². The van der Waals surface area contributed by atoms with Crippen molar-refractivity contribution in [3.05, 3.63) is 41.5 Å². The normalized spacial score (nSPS) is 14.6. The minimum absolute atomic E-state index is 0. The molecule has 0 bridgehead atoms. The van der Waals surface area contributed by atoms with Crippen LogP contribution in [0.1, 0.15) is 44.6 Å². The van der Waals surface area contributed by atoms with Gasteiger partial charge in [-0.25, -0.2) is 18.1 Å². The number of rotatable bonds is 11. The molecule has 0 aromatic heterocycles. The summed E-state index contributed by atoms with van der Waals surface area (Å²) < 4.78 is 31.8. The quantitative estimate of drug-likeness (QED) is 0.130. The number of aliphatic imine (C=N–C) groups is 1. The lowest BCUT2D eigenvalue weighted by molar-refractivity contribution is 0.204. The van der Waals surface area contributed by atoms with Crippen molar-refractivity contribution in [3.63, 3.8) is 0 Å². The Balaban J connectivity index is 0.00000450. The lowest BCUT2D eigenvalue weighted by atomic mass is 9.97. The van der Waals surface area contributed by atoms with E-state index < -0.39 is 10.0 Å². The Labute approximate surface area is 198 Å². The molecule has 0 heterocycles. The summed E-state index contributed by atoms with van der Waals surface area (Å²) in [6.07, 6.45) is 8.45. The first kappa shape index (κ1) is 26.9. The summed E-state index contributed by atoms with van der Waals surface area (Å²) in [6.45, 7) is 4.76. The predicted molar refractivity (Wildman–Crippen MR) is 133 cm³/mol. The van der Waals surface area contributed by atoms with Crippen molar-refractivity contribution in [2.75, 3.05) is 33.4 Å². The highest BCUT2D eigenvalue weighted by molar-refractivity contribution is 14.0. The summed E-state index contributed by atoms with van der Waals surface area (Å²) in [5.74, 6) is 0.779. The molecule has 170 valence electrons. The van der Waals surface area contributed by atoms with Crippen LogP contribution in [-0.2, 0) is 21.3 Å². The van der Waals surface area contributed by atoms with Crippen LogP contribution >= 0.6 is 24.0 Å². The van der Waals surface area contributed by atoms with Crippen molar-refractivity contribution in [3.8, 4) is 0 Å². The number of hydrogen-bond acceptors (Lipinski definition) is 4. The van der Waals surface area contributed by atoms with Gasteiger partial charge in [-0.15, -0.1) is 24.0 Å². The molecule has 9 heteroatoms. The number of methoxy groups -OCH3 is 1. The fraction of sp³-hybridized carbons (Fsp3) is 0.571. The Kier molecular flexibility index (Phi) is 13.2. The summed E-state index contributed by atoms with van der Waals surface area (Å²) in [5.41, 5.74) is 2.49. The molecule has 0 aliphatic heterocycles. The third-order valence-corrected chi connectivity index (χ3v) is 6.20. The summed E-state index contributed by atoms with van der Waals surface area (Å²) in [6, 6.07) is 6.81. The summed E-state index contributed by atoms with van der Waals surface area (Å²) in [5, 5.41) is 6.64. The van der Waals surface area contributed by atoms with Gasteiger partial charge in [0.15, 0.2) is 5.96 Å². The SMILES string of the molecule is CCNC(=NCc1ccc(S(=O)(=O)NCCOC)cc1)NCCC1=CCCCC1.I. The zero-order valence-corrected chi connectivity index (χ0v) is 21.1. The third kappa shape index (κ3) is 9.76. The average molecular weight is 551 g/mol. The van der Waals surface area contributed by atoms with Crippen molar-refractivity contribution in [1.29, 1.82) is 0 Å². The number of hydrogen-bond donors (Lipinski definition) is 3. The second kappa shape index (κ2) is 14.8. The molecule has 2 rings (SSSR count). The van der Waals surface area contributed by atoms with Crippen molar-refractivity contribution in [2.45, 2.75) is 50.5 Å². The van der Waals surface area contributed by atoms with Crippen LogP contribution in [0.2, 0.25) is 0 Å². The van der Waals surface area contributed by atoms with E-state index in [9.17, 15) is 8.42 Å². The molecule has 0 saturated carbocycles. The molecule has 7 nitrogen and oxygen atoms in total. The molecule has 1 aliphatic rings. The molecule has 0 unspecified atom stereocenters. The summed E-state index contributed by atoms with van der Waals surface area (Å²) in [4.78, 5) is 4.85. The number of ether oxygens (including phenoxy) is 1. The van der Waals surface area contributed by atoms with Gasteiger partial charge in [-0.3, -0.25) is 0 Å². The Morgan fingerprint density at radius 3 is 2.53 bits per heavy atom. The summed E-state index contributed by atoms with van der Waals surface area (Å²) >= 11 is 0. The Morgan fingerprint density at radius 1 is 1.13 bits per heavy atom. The van der Waals surface area contributed by atoms with Crippen molar-refractivity contribution < 1.29 is 13.2 Å². The smallest absolute Gasteiger partial charge is 0.240 e. The maximum atomic E-state index is 12.2. The maximum absolute atomic E-state index is 12.2. The predicted octanol–water partition coefficient (Wildman–Crippen LogP) is 3.17. The molecule has 1 aliphatic carbocycles. The highest BCUT2D eigenvalue weighted by Gasteiger charge is 2.12. The van der Waals surface area contributed by atoms with Crippen LogP contribution in [0.3, 0.4) is 0 Å². The number of nitrogens with zero attached hydrogens (tertiary/aromatic N) is 1. The first-order valence-electron chi connectivity index (χ1n) is 10.3. The van der Waals surface area contributed by atoms with Crippen LogP contribution < -0.4 is 15.4 Å². The Bertz CT molecular complexity index is 780. The minimum Gasteiger partial charge on any atom is -0.383 e. The molecule has 0 amide bonds. The number of nitrogens with one attached hydrogen (secondary N) is 3. The second-order valence-electron chi connectivity index (χ2n) is 7.01. The molecule has 3 N–H and O–H groups in total. The Morgan fingerprint density at radius 2 is 1.90 bits per heavy atom. The average Bonchev–Trinajstić information content (AvgIpc) is 2.73. The first-order valence-corrected chi connectivity index (χ1v) is 11.8. The first-order chi connectivity index (χ1) is 14.0. The second-order valence-corrected chi connectivity index (χ2v) is 8.78. The van der Waals surface area contributed by atoms with E-state index >= 15 is 0 Å². The highest BCUT2D eigenvalue weighted by Crippen LogP contribution is 2.19. The van der Waals surface area contributed by atoms with Crippen LogP contribution in [0.15, 0.2) is 45.8 Å². The van der Waals surface area contributed by atoms with E-state index in [-0.39, 0.29) is 35.4 Å². The van der Waals surface area contributed by atoms with Gasteiger partial charge < -0.3 is 15.4 Å². The lowest BCUT2D eigenvalue weighted by Gasteiger charge is -2.15. The maximum Gasteiger partial charge on any atom is 0.240 e. The van der Waals surface area contributed by atoms with Crippen LogP contribution in [0.5, 0.6) is 0 Å². The lowest BCUT2D eigenvalue weighted by Crippen LogP contribution is -2.37. The number of sulfonamides is 1. The van der Waals surface area contributed by atoms with Crippen molar-refractivity contribution >= 4 is 40.0 Å². The molecular weight excluding hydrogens is 515 g/mol. The van der Waals surface area contributed by atoms with Crippen LogP contribution in [0.4, 0.5) is 0 Å². The van der Waals surface area contributed by atoms with Gasteiger partial charge in [0.2, 0.25) is 10.0 Å². The zero-order valence-electron chi connectivity index (χ0n) is 17.9. The molecule has 0 atom stereocenters. The molecule has 0 saturated heterocycles. The summed E-state index contributed by atoms with van der Waals surface area (Å²) in [7, 11) is -1.97. The van der Waals surface area contributed by atoms with E-state index in [0.717, 1.165) is 31.0 Å². The van der Waals surface area contributed by atoms with Gasteiger partial charge in [-0.2, -0.15) is 0 Å². The van der Waals surface area contributed by atoms with Crippen LogP contribution in [0, 0.1) is 0 Å². The molecular formula is C21H35IN4O3S. The minimum atomic E-state index is -3.51. The van der Waals surface area contributed by atoms with Gasteiger partial charge in [0.25, 0.3) is 0 Å². The standard InChI is InChI=1S/C21H34N4O3S.HI/c1-3-22-21(23-14-13-18-7-5-4-6-8-18)24-17-19-9-11-20(12-10-19)29(26,27)25-15-16-28-2;/h7,9-12,25H,3-6,8,13-17H2,1-2H3,(H2,22,23,24);1H. The van der Waals surface area contributed by atoms with Crippen LogP contribution in [-0.4, -0.2) is 47.7 Å². The van der Waals surface area contributed by atoms with Gasteiger partial charge in [-0.1, -0.05) is 23.8 Å². The monoisotopic (exact) mass is 550 g/mol. The third-order valence-electron chi connectivity index (χ3n) is 4.72. The van der Waals surface area contributed by atoms with E-state index in [1.807, 2.05) is 6.92 Å².